The maximum atomic E-state index is 12.4. The van der Waals surface area contributed by atoms with E-state index in [0.29, 0.717) is 11.3 Å². The van der Waals surface area contributed by atoms with Crippen molar-refractivity contribution in [3.05, 3.63) is 52.2 Å². The molecule has 0 fully saturated rings. The molecule has 0 spiro atoms. The number of hydrazone groups is 1. The Morgan fingerprint density at radius 2 is 2.03 bits per heavy atom. The number of amides is 2. The first-order chi connectivity index (χ1) is 13.8. The second kappa shape index (κ2) is 11.0. The van der Waals surface area contributed by atoms with E-state index < -0.39 is 24.5 Å². The number of carbonyl (C=O) groups is 3. The summed E-state index contributed by atoms with van der Waals surface area (Å²) < 4.78 is 5.10. The fourth-order valence-electron chi connectivity index (χ4n) is 2.40. The Hall–Kier alpha value is -3.20. The second-order valence-electron chi connectivity index (χ2n) is 6.53. The highest BCUT2D eigenvalue weighted by Gasteiger charge is 2.24. The van der Waals surface area contributed by atoms with Gasteiger partial charge in [0.05, 0.1) is 12.6 Å². The smallest absolute Gasteiger partial charge is 0.341 e. The van der Waals surface area contributed by atoms with Crippen LogP contribution in [0.15, 0.2) is 46.9 Å². The number of nitrogens with zero attached hydrogens (tertiary/aromatic N) is 1. The predicted molar refractivity (Wildman–Crippen MR) is 110 cm³/mol. The van der Waals surface area contributed by atoms with E-state index in [1.807, 2.05) is 31.4 Å². The van der Waals surface area contributed by atoms with Gasteiger partial charge >= 0.3 is 5.97 Å². The van der Waals surface area contributed by atoms with Crippen molar-refractivity contribution in [1.82, 2.24) is 10.7 Å². The molecule has 2 aromatic rings. The number of aliphatic carboxylic acids is 1. The van der Waals surface area contributed by atoms with Crippen molar-refractivity contribution in [2.75, 3.05) is 6.61 Å². The molecule has 0 radical (unpaired) electrons. The van der Waals surface area contributed by atoms with E-state index in [4.69, 9.17) is 9.84 Å². The molecule has 9 heteroatoms. The van der Waals surface area contributed by atoms with Crippen molar-refractivity contribution in [3.63, 3.8) is 0 Å². The third-order valence-corrected chi connectivity index (χ3v) is 4.67. The Bertz CT molecular complexity index is 865. The van der Waals surface area contributed by atoms with Crippen LogP contribution >= 0.6 is 11.3 Å². The summed E-state index contributed by atoms with van der Waals surface area (Å²) in [7, 11) is 0. The third kappa shape index (κ3) is 7.74. The highest BCUT2D eigenvalue weighted by atomic mass is 32.1. The summed E-state index contributed by atoms with van der Waals surface area (Å²) in [6.07, 6.45) is 1.64. The van der Waals surface area contributed by atoms with Crippen molar-refractivity contribution in [2.45, 2.75) is 26.3 Å². The van der Waals surface area contributed by atoms with Gasteiger partial charge < -0.3 is 15.2 Å². The van der Waals surface area contributed by atoms with Crippen molar-refractivity contribution >= 4 is 35.3 Å². The molecule has 2 rings (SSSR count). The molecule has 8 nitrogen and oxygen atoms in total. The van der Waals surface area contributed by atoms with Gasteiger partial charge in [-0.05, 0) is 35.1 Å². The van der Waals surface area contributed by atoms with Gasteiger partial charge in [-0.3, -0.25) is 9.59 Å². The minimum absolute atomic E-state index is 0.120. The highest BCUT2D eigenvalue weighted by molar-refractivity contribution is 7.10. The van der Waals surface area contributed by atoms with Crippen LogP contribution in [0.4, 0.5) is 0 Å². The Kier molecular flexibility index (Phi) is 8.35. The maximum absolute atomic E-state index is 12.4. The molecule has 1 atom stereocenters. The summed E-state index contributed by atoms with van der Waals surface area (Å²) in [6, 6.07) is 9.65. The van der Waals surface area contributed by atoms with Gasteiger partial charge in [-0.15, -0.1) is 11.3 Å². The molecule has 29 heavy (non-hydrogen) atoms. The predicted octanol–water partition coefficient (Wildman–Crippen LogP) is 2.05. The number of carboxylic acids is 1. The molecule has 0 bridgehead atoms. The van der Waals surface area contributed by atoms with Crippen LogP contribution in [0, 0.1) is 5.92 Å². The van der Waals surface area contributed by atoms with Gasteiger partial charge in [-0.2, -0.15) is 5.10 Å². The first-order valence-corrected chi connectivity index (χ1v) is 9.82. The molecule has 2 amide bonds. The first-order valence-electron chi connectivity index (χ1n) is 8.94. The van der Waals surface area contributed by atoms with Gasteiger partial charge in [0.2, 0.25) is 5.91 Å². The molecule has 0 saturated carbocycles. The second-order valence-corrected chi connectivity index (χ2v) is 7.57. The van der Waals surface area contributed by atoms with E-state index in [1.54, 1.807) is 24.3 Å². The molecule has 1 unspecified atom stereocenters. The largest absolute Gasteiger partial charge is 0.482 e. The average molecular weight is 417 g/mol. The first kappa shape index (κ1) is 22.1. The number of thiophene rings is 1. The minimum atomic E-state index is -1.07. The number of carboxylic acid groups (broad SMARTS) is 1. The molecule has 154 valence electrons. The lowest BCUT2D eigenvalue weighted by molar-refractivity contribution is -0.139. The van der Waals surface area contributed by atoms with E-state index in [2.05, 4.69) is 15.8 Å². The standard InChI is InChI=1S/C20H23N3O5S/c1-13(2)19(22-17(24)10-16-7-4-8-29-16)20(27)23-21-11-14-5-3-6-15(9-14)28-12-18(25)26/h3-9,11,13,19H,10,12H2,1-2H3,(H,22,24)(H,23,27)(H,25,26)/b21-11+. The molecule has 1 aromatic heterocycles. The van der Waals surface area contributed by atoms with Crippen molar-refractivity contribution in [2.24, 2.45) is 11.0 Å². The van der Waals surface area contributed by atoms with Gasteiger partial charge in [-0.25, -0.2) is 10.2 Å². The summed E-state index contributed by atoms with van der Waals surface area (Å²) in [6.45, 7) is 3.23. The lowest BCUT2D eigenvalue weighted by Gasteiger charge is -2.20. The monoisotopic (exact) mass is 417 g/mol. The number of hydrogen-bond acceptors (Lipinski definition) is 6. The topological polar surface area (TPSA) is 117 Å². The molecule has 0 aliphatic rings. The summed E-state index contributed by atoms with van der Waals surface area (Å²) in [5, 5.41) is 17.2. The van der Waals surface area contributed by atoms with E-state index in [0.717, 1.165) is 4.88 Å². The van der Waals surface area contributed by atoms with Crippen LogP contribution < -0.4 is 15.5 Å². The van der Waals surface area contributed by atoms with Crippen LogP contribution in [0.25, 0.3) is 0 Å². The summed E-state index contributed by atoms with van der Waals surface area (Å²) in [4.78, 5) is 36.1. The molecule has 1 aromatic carbocycles. The Morgan fingerprint density at radius 3 is 2.69 bits per heavy atom. The van der Waals surface area contributed by atoms with Crippen LogP contribution in [0.1, 0.15) is 24.3 Å². The Balaban J connectivity index is 1.91. The van der Waals surface area contributed by atoms with Crippen molar-refractivity contribution < 1.29 is 24.2 Å². The van der Waals surface area contributed by atoms with E-state index in [1.165, 1.54) is 17.6 Å². The summed E-state index contributed by atoms with van der Waals surface area (Å²) >= 11 is 1.49. The summed E-state index contributed by atoms with van der Waals surface area (Å²) in [5.74, 6) is -1.46. The van der Waals surface area contributed by atoms with Crippen LogP contribution in [0.2, 0.25) is 0 Å². The number of ether oxygens (including phenoxy) is 1. The number of carbonyl (C=O) groups excluding carboxylic acids is 2. The third-order valence-electron chi connectivity index (χ3n) is 3.79. The molecule has 0 aliphatic heterocycles. The van der Waals surface area contributed by atoms with E-state index in [9.17, 15) is 14.4 Å². The van der Waals surface area contributed by atoms with Crippen LogP contribution in [0.5, 0.6) is 5.75 Å². The zero-order valence-corrected chi connectivity index (χ0v) is 16.9. The Labute approximate surface area is 172 Å². The molecular weight excluding hydrogens is 394 g/mol. The molecule has 1 heterocycles. The maximum Gasteiger partial charge on any atom is 0.341 e. The van der Waals surface area contributed by atoms with E-state index >= 15 is 0 Å². The lowest BCUT2D eigenvalue weighted by atomic mass is 10.0. The molecule has 0 saturated heterocycles. The van der Waals surface area contributed by atoms with Crippen molar-refractivity contribution in [3.8, 4) is 5.75 Å². The fraction of sp³-hybridized carbons (Fsp3) is 0.300. The van der Waals surface area contributed by atoms with Crippen molar-refractivity contribution in [1.29, 1.82) is 0 Å². The van der Waals surface area contributed by atoms with Gasteiger partial charge in [0.1, 0.15) is 11.8 Å². The zero-order chi connectivity index (χ0) is 21.2. The van der Waals surface area contributed by atoms with Crippen LogP contribution in [0.3, 0.4) is 0 Å². The highest BCUT2D eigenvalue weighted by Crippen LogP contribution is 2.12. The summed E-state index contributed by atoms with van der Waals surface area (Å²) in [5.41, 5.74) is 3.05. The quantitative estimate of drug-likeness (QED) is 0.404. The number of rotatable bonds is 10. The SMILES string of the molecule is CC(C)C(NC(=O)Cc1cccs1)C(=O)N/N=C/c1cccc(OCC(=O)O)c1. The molecular formula is C20H23N3O5S. The van der Waals surface area contributed by atoms with Crippen LogP contribution in [-0.4, -0.2) is 41.8 Å². The normalized spacial score (nSPS) is 12.0. The van der Waals surface area contributed by atoms with E-state index in [-0.39, 0.29) is 18.2 Å². The minimum Gasteiger partial charge on any atom is -0.482 e. The Morgan fingerprint density at radius 1 is 1.24 bits per heavy atom. The van der Waals surface area contributed by atoms with Gasteiger partial charge in [0.15, 0.2) is 6.61 Å². The number of benzene rings is 1. The number of nitrogens with one attached hydrogen (secondary N) is 2. The van der Waals surface area contributed by atoms with Gasteiger partial charge in [0, 0.05) is 4.88 Å². The molecule has 0 aliphatic carbocycles. The van der Waals surface area contributed by atoms with Gasteiger partial charge in [0.25, 0.3) is 5.91 Å². The lowest BCUT2D eigenvalue weighted by Crippen LogP contribution is -2.49. The fourth-order valence-corrected chi connectivity index (χ4v) is 3.10. The average Bonchev–Trinajstić information content (AvgIpc) is 3.17. The molecule has 3 N–H and O–H groups in total. The number of hydrogen-bond donors (Lipinski definition) is 3. The zero-order valence-electron chi connectivity index (χ0n) is 16.1. The van der Waals surface area contributed by atoms with Crippen LogP contribution in [-0.2, 0) is 20.8 Å². The van der Waals surface area contributed by atoms with Gasteiger partial charge in [-0.1, -0.05) is 32.0 Å².